The summed E-state index contributed by atoms with van der Waals surface area (Å²) in [6, 6.07) is 19.1. The van der Waals surface area contributed by atoms with Gasteiger partial charge < -0.3 is 10.2 Å². The van der Waals surface area contributed by atoms with E-state index < -0.39 is 0 Å². The predicted molar refractivity (Wildman–Crippen MR) is 95.7 cm³/mol. The Morgan fingerprint density at radius 2 is 1.88 bits per heavy atom. The van der Waals surface area contributed by atoms with E-state index in [4.69, 9.17) is 0 Å². The Morgan fingerprint density at radius 1 is 1.08 bits per heavy atom. The van der Waals surface area contributed by atoms with Gasteiger partial charge in [-0.2, -0.15) is 0 Å². The van der Waals surface area contributed by atoms with E-state index in [1.807, 2.05) is 6.07 Å². The van der Waals surface area contributed by atoms with Gasteiger partial charge in [-0.3, -0.25) is 4.79 Å². The fraction of sp³-hybridized carbons (Fsp3) is 0.381. The van der Waals surface area contributed by atoms with Crippen LogP contribution in [0.2, 0.25) is 0 Å². The third-order valence-electron chi connectivity index (χ3n) is 5.34. The van der Waals surface area contributed by atoms with E-state index in [2.05, 4.69) is 58.7 Å². The lowest BCUT2D eigenvalue weighted by atomic mass is 9.87. The summed E-state index contributed by atoms with van der Waals surface area (Å²) < 4.78 is 0. The van der Waals surface area contributed by atoms with Crippen molar-refractivity contribution in [2.24, 2.45) is 5.92 Å². The van der Waals surface area contributed by atoms with Crippen LogP contribution < -0.4 is 5.32 Å². The SMILES string of the molecule is O=C(C[C@@H]1CCNC1)N1CCc2ccccc2[C@@H]1c1ccccc1. The van der Waals surface area contributed by atoms with Gasteiger partial charge in [-0.25, -0.2) is 0 Å². The number of hydrogen-bond acceptors (Lipinski definition) is 2. The van der Waals surface area contributed by atoms with Gasteiger partial charge in [0.1, 0.15) is 0 Å². The number of carbonyl (C=O) groups excluding carboxylic acids is 1. The van der Waals surface area contributed by atoms with Crippen molar-refractivity contribution >= 4 is 5.91 Å². The Balaban J connectivity index is 1.66. The van der Waals surface area contributed by atoms with Crippen LogP contribution in [-0.2, 0) is 11.2 Å². The highest BCUT2D eigenvalue weighted by molar-refractivity contribution is 5.78. The van der Waals surface area contributed by atoms with Crippen molar-refractivity contribution in [1.82, 2.24) is 10.2 Å². The lowest BCUT2D eigenvalue weighted by Crippen LogP contribution is -2.41. The van der Waals surface area contributed by atoms with Crippen molar-refractivity contribution in [2.45, 2.75) is 25.3 Å². The lowest BCUT2D eigenvalue weighted by molar-refractivity contribution is -0.134. The van der Waals surface area contributed by atoms with Crippen molar-refractivity contribution < 1.29 is 4.79 Å². The Bertz CT molecular complexity index is 707. The second-order valence-corrected chi connectivity index (χ2v) is 6.91. The van der Waals surface area contributed by atoms with Crippen molar-refractivity contribution in [1.29, 1.82) is 0 Å². The lowest BCUT2D eigenvalue weighted by Gasteiger charge is -2.38. The number of rotatable bonds is 3. The molecule has 2 heterocycles. The van der Waals surface area contributed by atoms with Gasteiger partial charge in [-0.1, -0.05) is 54.6 Å². The maximum atomic E-state index is 13.0. The third kappa shape index (κ3) is 2.96. The molecule has 124 valence electrons. The quantitative estimate of drug-likeness (QED) is 0.942. The van der Waals surface area contributed by atoms with Crippen molar-refractivity contribution in [2.75, 3.05) is 19.6 Å². The molecular weight excluding hydrogens is 296 g/mol. The number of nitrogens with one attached hydrogen (secondary N) is 1. The molecule has 2 atom stereocenters. The van der Waals surface area contributed by atoms with Gasteiger partial charge in [0.15, 0.2) is 0 Å². The standard InChI is InChI=1S/C21H24N2O/c24-20(14-16-10-12-22-15-16)23-13-11-17-6-4-5-9-19(17)21(23)18-7-2-1-3-8-18/h1-9,16,21-22H,10-15H2/t16-,21-/m0/s1. The highest BCUT2D eigenvalue weighted by atomic mass is 16.2. The smallest absolute Gasteiger partial charge is 0.223 e. The second kappa shape index (κ2) is 6.78. The number of benzene rings is 2. The zero-order valence-electron chi connectivity index (χ0n) is 13.9. The summed E-state index contributed by atoms with van der Waals surface area (Å²) in [5, 5.41) is 3.37. The first-order valence-corrected chi connectivity index (χ1v) is 8.96. The van der Waals surface area contributed by atoms with Gasteiger partial charge >= 0.3 is 0 Å². The first-order chi connectivity index (χ1) is 11.8. The van der Waals surface area contributed by atoms with Gasteiger partial charge in [-0.05, 0) is 48.5 Å². The summed E-state index contributed by atoms with van der Waals surface area (Å²) in [6.07, 6.45) is 2.73. The van der Waals surface area contributed by atoms with E-state index in [0.29, 0.717) is 18.2 Å². The number of amides is 1. The molecule has 24 heavy (non-hydrogen) atoms. The first kappa shape index (κ1) is 15.4. The molecule has 1 amide bonds. The zero-order valence-corrected chi connectivity index (χ0v) is 13.9. The van der Waals surface area contributed by atoms with E-state index in [1.54, 1.807) is 0 Å². The summed E-state index contributed by atoms with van der Waals surface area (Å²) >= 11 is 0. The first-order valence-electron chi connectivity index (χ1n) is 8.96. The van der Waals surface area contributed by atoms with E-state index in [9.17, 15) is 4.79 Å². The van der Waals surface area contributed by atoms with Gasteiger partial charge in [0.05, 0.1) is 6.04 Å². The average molecular weight is 320 g/mol. The Hall–Kier alpha value is -2.13. The van der Waals surface area contributed by atoms with Crippen LogP contribution in [0.25, 0.3) is 0 Å². The molecule has 2 aromatic rings. The molecule has 0 saturated carbocycles. The molecule has 2 aliphatic heterocycles. The molecule has 4 rings (SSSR count). The second-order valence-electron chi connectivity index (χ2n) is 6.91. The molecule has 3 heteroatoms. The summed E-state index contributed by atoms with van der Waals surface area (Å²) in [5.74, 6) is 0.790. The van der Waals surface area contributed by atoms with Crippen molar-refractivity contribution in [3.05, 3.63) is 71.3 Å². The highest BCUT2D eigenvalue weighted by Crippen LogP contribution is 2.35. The summed E-state index contributed by atoms with van der Waals surface area (Å²) in [7, 11) is 0. The van der Waals surface area contributed by atoms with Gasteiger partial charge in [-0.15, -0.1) is 0 Å². The van der Waals surface area contributed by atoms with E-state index in [1.165, 1.54) is 16.7 Å². The van der Waals surface area contributed by atoms with Crippen LogP contribution in [0.3, 0.4) is 0 Å². The molecule has 2 aromatic carbocycles. The monoisotopic (exact) mass is 320 g/mol. The molecule has 3 nitrogen and oxygen atoms in total. The van der Waals surface area contributed by atoms with Crippen LogP contribution in [0.15, 0.2) is 54.6 Å². The Morgan fingerprint density at radius 3 is 2.67 bits per heavy atom. The molecule has 1 fully saturated rings. The van der Waals surface area contributed by atoms with Crippen LogP contribution in [0.1, 0.15) is 35.6 Å². The molecule has 0 spiro atoms. The van der Waals surface area contributed by atoms with E-state index in [-0.39, 0.29) is 6.04 Å². The minimum Gasteiger partial charge on any atom is -0.331 e. The molecule has 0 aromatic heterocycles. The van der Waals surface area contributed by atoms with E-state index >= 15 is 0 Å². The number of hydrogen-bond donors (Lipinski definition) is 1. The highest BCUT2D eigenvalue weighted by Gasteiger charge is 2.32. The van der Waals surface area contributed by atoms with Crippen LogP contribution in [-0.4, -0.2) is 30.4 Å². The minimum absolute atomic E-state index is 0.0537. The molecule has 0 aliphatic carbocycles. The molecule has 1 saturated heterocycles. The predicted octanol–water partition coefficient (Wildman–Crippen LogP) is 3.16. The number of carbonyl (C=O) groups is 1. The van der Waals surface area contributed by atoms with Crippen molar-refractivity contribution in [3.8, 4) is 0 Å². The Kier molecular flexibility index (Phi) is 4.35. The van der Waals surface area contributed by atoms with Crippen LogP contribution in [0.4, 0.5) is 0 Å². The molecule has 0 unspecified atom stereocenters. The topological polar surface area (TPSA) is 32.3 Å². The molecule has 0 radical (unpaired) electrons. The molecule has 1 N–H and O–H groups in total. The van der Waals surface area contributed by atoms with Gasteiger partial charge in [0, 0.05) is 13.0 Å². The van der Waals surface area contributed by atoms with Crippen LogP contribution in [0, 0.1) is 5.92 Å². The van der Waals surface area contributed by atoms with Crippen LogP contribution >= 0.6 is 0 Å². The maximum Gasteiger partial charge on any atom is 0.223 e. The maximum absolute atomic E-state index is 13.0. The van der Waals surface area contributed by atoms with Gasteiger partial charge in [0.2, 0.25) is 5.91 Å². The molecule has 0 bridgehead atoms. The summed E-state index contributed by atoms with van der Waals surface area (Å²) in [5.41, 5.74) is 3.87. The number of nitrogens with zero attached hydrogens (tertiary/aromatic N) is 1. The molecular formula is C21H24N2O. The molecule has 2 aliphatic rings. The zero-order chi connectivity index (χ0) is 16.4. The Labute approximate surface area is 143 Å². The fourth-order valence-corrected chi connectivity index (χ4v) is 4.08. The summed E-state index contributed by atoms with van der Waals surface area (Å²) in [4.78, 5) is 15.2. The van der Waals surface area contributed by atoms with Crippen molar-refractivity contribution in [3.63, 3.8) is 0 Å². The largest absolute Gasteiger partial charge is 0.331 e. The minimum atomic E-state index is 0.0537. The van der Waals surface area contributed by atoms with Crippen LogP contribution in [0.5, 0.6) is 0 Å². The number of fused-ring (bicyclic) bond motifs is 1. The average Bonchev–Trinajstić information content (AvgIpc) is 3.14. The van der Waals surface area contributed by atoms with E-state index in [0.717, 1.165) is 32.5 Å². The normalized spacial score (nSPS) is 23.1. The van der Waals surface area contributed by atoms with Gasteiger partial charge in [0.25, 0.3) is 0 Å². The summed E-state index contributed by atoms with van der Waals surface area (Å²) in [6.45, 7) is 2.84. The fourth-order valence-electron chi connectivity index (χ4n) is 4.08. The third-order valence-corrected chi connectivity index (χ3v) is 5.34.